The third kappa shape index (κ3) is 5.36. The minimum atomic E-state index is -4.43. The van der Waals surface area contributed by atoms with Crippen LogP contribution in [0.3, 0.4) is 0 Å². The van der Waals surface area contributed by atoms with Gasteiger partial charge < -0.3 is 15.1 Å². The average molecular weight is 512 g/mol. The lowest BCUT2D eigenvalue weighted by Crippen LogP contribution is -2.63. The number of hydrogen-bond donors (Lipinski definition) is 1. The Kier molecular flexibility index (Phi) is 6.72. The maximum Gasteiger partial charge on any atom is 0.416 e. The molecule has 2 aliphatic rings. The summed E-state index contributed by atoms with van der Waals surface area (Å²) < 4.78 is 53.6. The van der Waals surface area contributed by atoms with Crippen molar-refractivity contribution in [3.63, 3.8) is 0 Å². The quantitative estimate of drug-likeness (QED) is 0.508. The SMILES string of the molecule is O=C(c1ccc(-c2cccc(C(F)(F)F)c2)cc1)N1CC(N[C@@H]2CN(C(=O)c3ccccc3)CC2F)C1. The summed E-state index contributed by atoms with van der Waals surface area (Å²) in [6, 6.07) is 19.7. The third-order valence-electron chi connectivity index (χ3n) is 6.83. The Morgan fingerprint density at radius 1 is 0.730 bits per heavy atom. The van der Waals surface area contributed by atoms with Gasteiger partial charge in [-0.05, 0) is 47.5 Å². The lowest BCUT2D eigenvalue weighted by Gasteiger charge is -2.41. The number of amides is 2. The highest BCUT2D eigenvalue weighted by molar-refractivity contribution is 5.95. The molecular formula is C28H25F4N3O2. The van der Waals surface area contributed by atoms with Crippen LogP contribution in [-0.4, -0.2) is 66.0 Å². The van der Waals surface area contributed by atoms with Gasteiger partial charge in [0.1, 0.15) is 6.17 Å². The van der Waals surface area contributed by atoms with Gasteiger partial charge in [-0.25, -0.2) is 4.39 Å². The molecule has 0 aromatic heterocycles. The molecular weight excluding hydrogens is 486 g/mol. The van der Waals surface area contributed by atoms with E-state index in [1.807, 2.05) is 6.07 Å². The van der Waals surface area contributed by atoms with Crippen LogP contribution in [0.4, 0.5) is 17.6 Å². The van der Waals surface area contributed by atoms with Gasteiger partial charge in [-0.1, -0.05) is 42.5 Å². The van der Waals surface area contributed by atoms with Gasteiger partial charge in [-0.2, -0.15) is 13.2 Å². The van der Waals surface area contributed by atoms with Gasteiger partial charge in [0.2, 0.25) is 0 Å². The van der Waals surface area contributed by atoms with E-state index in [2.05, 4.69) is 5.32 Å². The molecule has 5 rings (SSSR count). The van der Waals surface area contributed by atoms with Crippen molar-refractivity contribution in [1.82, 2.24) is 15.1 Å². The molecule has 5 nitrogen and oxygen atoms in total. The van der Waals surface area contributed by atoms with E-state index in [0.29, 0.717) is 35.3 Å². The second kappa shape index (κ2) is 9.97. The summed E-state index contributed by atoms with van der Waals surface area (Å²) >= 11 is 0. The standard InChI is InChI=1S/C28H25F4N3O2/c29-24-16-35(26(36)19-5-2-1-3-6-19)17-25(24)33-23-14-34(15-23)27(37)20-11-9-18(10-12-20)21-7-4-8-22(13-21)28(30,31)32/h1-13,23-25,33H,14-17H2/t24?,25-/m1/s1. The molecule has 9 heteroatoms. The second-order valence-corrected chi connectivity index (χ2v) is 9.43. The first-order chi connectivity index (χ1) is 17.7. The zero-order valence-electron chi connectivity index (χ0n) is 19.8. The van der Waals surface area contributed by atoms with Crippen molar-refractivity contribution in [2.75, 3.05) is 26.2 Å². The zero-order chi connectivity index (χ0) is 26.2. The van der Waals surface area contributed by atoms with Gasteiger partial charge in [-0.15, -0.1) is 0 Å². The van der Waals surface area contributed by atoms with E-state index in [1.54, 1.807) is 59.5 Å². The molecule has 192 valence electrons. The number of rotatable bonds is 5. The summed E-state index contributed by atoms with van der Waals surface area (Å²) in [5, 5.41) is 3.23. The molecule has 0 spiro atoms. The van der Waals surface area contributed by atoms with Crippen molar-refractivity contribution < 1.29 is 27.2 Å². The Balaban J connectivity index is 1.14. The van der Waals surface area contributed by atoms with Crippen molar-refractivity contribution in [3.05, 3.63) is 95.6 Å². The Hall–Kier alpha value is -3.72. The lowest BCUT2D eigenvalue weighted by molar-refractivity contribution is -0.137. The molecule has 3 aromatic rings. The molecule has 0 bridgehead atoms. The molecule has 2 amide bonds. The number of nitrogens with one attached hydrogen (secondary N) is 1. The van der Waals surface area contributed by atoms with Gasteiger partial charge in [0, 0.05) is 36.8 Å². The summed E-state index contributed by atoms with van der Waals surface area (Å²) in [6.07, 6.45) is -5.62. The van der Waals surface area contributed by atoms with Crippen molar-refractivity contribution in [2.24, 2.45) is 0 Å². The summed E-state index contributed by atoms with van der Waals surface area (Å²) in [4.78, 5) is 28.6. The van der Waals surface area contributed by atoms with E-state index in [0.717, 1.165) is 12.1 Å². The van der Waals surface area contributed by atoms with Crippen molar-refractivity contribution in [1.29, 1.82) is 0 Å². The highest BCUT2D eigenvalue weighted by Gasteiger charge is 2.40. The molecule has 3 aromatic carbocycles. The minimum Gasteiger partial charge on any atom is -0.335 e. The Bertz CT molecular complexity index is 1270. The molecule has 0 radical (unpaired) electrons. The fourth-order valence-corrected chi connectivity index (χ4v) is 4.77. The predicted molar refractivity (Wildman–Crippen MR) is 131 cm³/mol. The predicted octanol–water partition coefficient (Wildman–Crippen LogP) is 4.65. The monoisotopic (exact) mass is 511 g/mol. The van der Waals surface area contributed by atoms with Gasteiger partial charge in [0.25, 0.3) is 11.8 Å². The van der Waals surface area contributed by atoms with Gasteiger partial charge in [0.15, 0.2) is 0 Å². The van der Waals surface area contributed by atoms with Crippen molar-refractivity contribution in [2.45, 2.75) is 24.4 Å². The van der Waals surface area contributed by atoms with E-state index in [9.17, 15) is 27.2 Å². The summed E-state index contributed by atoms with van der Waals surface area (Å²) in [7, 11) is 0. The van der Waals surface area contributed by atoms with Crippen LogP contribution in [0, 0.1) is 0 Å². The Morgan fingerprint density at radius 3 is 2.00 bits per heavy atom. The molecule has 0 saturated carbocycles. The highest BCUT2D eigenvalue weighted by Crippen LogP contribution is 2.32. The van der Waals surface area contributed by atoms with Crippen LogP contribution in [0.25, 0.3) is 11.1 Å². The van der Waals surface area contributed by atoms with Gasteiger partial charge >= 0.3 is 6.18 Å². The molecule has 1 N–H and O–H groups in total. The first kappa shape index (κ1) is 25.0. The van der Waals surface area contributed by atoms with Crippen LogP contribution < -0.4 is 5.32 Å². The maximum atomic E-state index is 14.6. The van der Waals surface area contributed by atoms with Crippen LogP contribution in [-0.2, 0) is 6.18 Å². The molecule has 2 saturated heterocycles. The van der Waals surface area contributed by atoms with Crippen LogP contribution in [0.5, 0.6) is 0 Å². The molecule has 37 heavy (non-hydrogen) atoms. The number of nitrogens with zero attached hydrogens (tertiary/aromatic N) is 2. The van der Waals surface area contributed by atoms with Crippen molar-refractivity contribution in [3.8, 4) is 11.1 Å². The molecule has 2 aliphatic heterocycles. The molecule has 2 heterocycles. The smallest absolute Gasteiger partial charge is 0.335 e. The fraction of sp³-hybridized carbons (Fsp3) is 0.286. The zero-order valence-corrected chi connectivity index (χ0v) is 19.8. The summed E-state index contributed by atoms with van der Waals surface area (Å²) in [6.45, 7) is 1.10. The van der Waals surface area contributed by atoms with Gasteiger partial charge in [-0.3, -0.25) is 9.59 Å². The fourth-order valence-electron chi connectivity index (χ4n) is 4.77. The number of hydrogen-bond acceptors (Lipinski definition) is 3. The largest absolute Gasteiger partial charge is 0.416 e. The summed E-state index contributed by atoms with van der Waals surface area (Å²) in [5.41, 5.74) is 1.22. The highest BCUT2D eigenvalue weighted by atomic mass is 19.4. The number of benzene rings is 3. The first-order valence-electron chi connectivity index (χ1n) is 12.0. The van der Waals surface area contributed by atoms with Crippen LogP contribution in [0.1, 0.15) is 26.3 Å². The van der Waals surface area contributed by atoms with Gasteiger partial charge in [0.05, 0.1) is 18.2 Å². The maximum absolute atomic E-state index is 14.6. The normalized spacial score (nSPS) is 20.1. The Labute approximate surface area is 211 Å². The van der Waals surface area contributed by atoms with E-state index in [1.165, 1.54) is 11.0 Å². The number of halogens is 4. The number of alkyl halides is 4. The lowest BCUT2D eigenvalue weighted by atomic mass is 10.00. The van der Waals surface area contributed by atoms with E-state index >= 15 is 0 Å². The topological polar surface area (TPSA) is 52.7 Å². The van der Waals surface area contributed by atoms with Crippen molar-refractivity contribution >= 4 is 11.8 Å². The number of likely N-dealkylation sites (tertiary alicyclic amines) is 2. The first-order valence-corrected chi connectivity index (χ1v) is 12.0. The van der Waals surface area contributed by atoms with Crippen LogP contribution >= 0.6 is 0 Å². The van der Waals surface area contributed by atoms with E-state index < -0.39 is 24.0 Å². The average Bonchev–Trinajstić information content (AvgIpc) is 3.25. The Morgan fingerprint density at radius 2 is 1.35 bits per heavy atom. The van der Waals surface area contributed by atoms with Crippen LogP contribution in [0.15, 0.2) is 78.9 Å². The van der Waals surface area contributed by atoms with E-state index in [4.69, 9.17) is 0 Å². The minimum absolute atomic E-state index is 0.0268. The van der Waals surface area contributed by atoms with E-state index in [-0.39, 0.29) is 30.9 Å². The third-order valence-corrected chi connectivity index (χ3v) is 6.83. The molecule has 1 unspecified atom stereocenters. The number of carbonyl (C=O) groups excluding carboxylic acids is 2. The molecule has 0 aliphatic carbocycles. The second-order valence-electron chi connectivity index (χ2n) is 9.43. The molecule has 2 fully saturated rings. The molecule has 2 atom stereocenters. The summed E-state index contributed by atoms with van der Waals surface area (Å²) in [5.74, 6) is -0.399. The number of carbonyl (C=O) groups is 2. The van der Waals surface area contributed by atoms with Crippen LogP contribution in [0.2, 0.25) is 0 Å².